The molecule has 2 heterocycles. The van der Waals surface area contributed by atoms with Gasteiger partial charge in [-0.2, -0.15) is 5.26 Å². The Bertz CT molecular complexity index is 2380. The van der Waals surface area contributed by atoms with E-state index in [-0.39, 0.29) is 0 Å². The molecule has 0 saturated carbocycles. The standard InChI is InChI=1S/C38H22N4/c1-40-27-21-25(24-39)20-26(22-27)32-23-33-30-16-8-10-18-34(30)41(28-12-4-2-5-13-28)38(33)36-31-17-9-11-19-35(31)42(37(32)36)29-14-6-3-7-15-29/h2-23H. The van der Waals surface area contributed by atoms with Gasteiger partial charge < -0.3 is 9.13 Å². The van der Waals surface area contributed by atoms with Gasteiger partial charge in [0, 0.05) is 44.0 Å². The number of rotatable bonds is 3. The van der Waals surface area contributed by atoms with Gasteiger partial charge in [-0.15, -0.1) is 0 Å². The second kappa shape index (κ2) is 9.24. The predicted octanol–water partition coefficient (Wildman–Crippen LogP) is 9.97. The van der Waals surface area contributed by atoms with Gasteiger partial charge in [0.1, 0.15) is 0 Å². The van der Waals surface area contributed by atoms with Crippen molar-refractivity contribution in [1.29, 1.82) is 5.26 Å². The van der Waals surface area contributed by atoms with E-state index in [0.29, 0.717) is 11.3 Å². The number of aromatic nitrogens is 2. The first-order chi connectivity index (χ1) is 20.8. The van der Waals surface area contributed by atoms with Crippen LogP contribution in [0.2, 0.25) is 0 Å². The minimum absolute atomic E-state index is 0.450. The molecule has 0 bridgehead atoms. The van der Waals surface area contributed by atoms with Crippen molar-refractivity contribution in [3.63, 3.8) is 0 Å². The first-order valence-electron chi connectivity index (χ1n) is 13.8. The molecule has 0 atom stereocenters. The van der Waals surface area contributed by atoms with Gasteiger partial charge in [-0.25, -0.2) is 4.85 Å². The average Bonchev–Trinajstić information content (AvgIpc) is 3.58. The van der Waals surface area contributed by atoms with Gasteiger partial charge in [-0.3, -0.25) is 0 Å². The maximum Gasteiger partial charge on any atom is 0.189 e. The molecule has 0 N–H and O–H groups in total. The minimum atomic E-state index is 0.450. The molecule has 6 aromatic carbocycles. The summed E-state index contributed by atoms with van der Waals surface area (Å²) in [6, 6.07) is 48.0. The summed E-state index contributed by atoms with van der Waals surface area (Å²) in [7, 11) is 0. The summed E-state index contributed by atoms with van der Waals surface area (Å²) < 4.78 is 4.69. The number of hydrogen-bond donors (Lipinski definition) is 0. The third-order valence-corrected chi connectivity index (χ3v) is 8.08. The van der Waals surface area contributed by atoms with Crippen molar-refractivity contribution in [2.24, 2.45) is 0 Å². The summed E-state index contributed by atoms with van der Waals surface area (Å²) in [6.45, 7) is 7.75. The van der Waals surface area contributed by atoms with E-state index < -0.39 is 0 Å². The van der Waals surface area contributed by atoms with E-state index in [9.17, 15) is 5.26 Å². The summed E-state index contributed by atoms with van der Waals surface area (Å²) >= 11 is 0. The fraction of sp³-hybridized carbons (Fsp3) is 0. The van der Waals surface area contributed by atoms with Gasteiger partial charge in [-0.1, -0.05) is 72.8 Å². The molecular weight excluding hydrogens is 512 g/mol. The van der Waals surface area contributed by atoms with Crippen molar-refractivity contribution in [2.45, 2.75) is 0 Å². The molecule has 4 nitrogen and oxygen atoms in total. The summed E-state index contributed by atoms with van der Waals surface area (Å²) in [6.07, 6.45) is 0. The average molecular weight is 535 g/mol. The second-order valence-electron chi connectivity index (χ2n) is 10.4. The molecule has 0 amide bonds. The lowest BCUT2D eigenvalue weighted by molar-refractivity contribution is 1.17. The molecule has 0 fully saturated rings. The van der Waals surface area contributed by atoms with Gasteiger partial charge in [0.15, 0.2) is 5.69 Å². The summed E-state index contributed by atoms with van der Waals surface area (Å²) in [5.74, 6) is 0. The topological polar surface area (TPSA) is 38.0 Å². The van der Waals surface area contributed by atoms with Crippen molar-refractivity contribution >= 4 is 49.3 Å². The molecule has 0 unspecified atom stereocenters. The molecule has 0 aliphatic carbocycles. The lowest BCUT2D eigenvalue weighted by Crippen LogP contribution is -1.97. The number of nitriles is 1. The van der Waals surface area contributed by atoms with E-state index in [1.807, 2.05) is 24.3 Å². The van der Waals surface area contributed by atoms with E-state index in [0.717, 1.165) is 66.1 Å². The number of fused-ring (bicyclic) bond motifs is 7. The van der Waals surface area contributed by atoms with Crippen LogP contribution in [-0.4, -0.2) is 9.13 Å². The summed E-state index contributed by atoms with van der Waals surface area (Å²) in [5.41, 5.74) is 9.30. The quantitative estimate of drug-likeness (QED) is 0.208. The number of hydrogen-bond acceptors (Lipinski definition) is 1. The Morgan fingerprint density at radius 1 is 0.571 bits per heavy atom. The van der Waals surface area contributed by atoms with Crippen LogP contribution >= 0.6 is 0 Å². The first-order valence-corrected chi connectivity index (χ1v) is 13.8. The third-order valence-electron chi connectivity index (χ3n) is 8.08. The Kier molecular flexibility index (Phi) is 5.22. The van der Waals surface area contributed by atoms with Crippen LogP contribution in [0.25, 0.3) is 71.0 Å². The molecule has 8 rings (SSSR count). The number of benzene rings is 6. The lowest BCUT2D eigenvalue weighted by atomic mass is 9.96. The minimum Gasteiger partial charge on any atom is -0.309 e. The molecular formula is C38H22N4. The Morgan fingerprint density at radius 2 is 1.14 bits per heavy atom. The smallest absolute Gasteiger partial charge is 0.189 e. The summed E-state index contributed by atoms with van der Waals surface area (Å²) in [5, 5.41) is 14.4. The lowest BCUT2D eigenvalue weighted by Gasteiger charge is -2.14. The Morgan fingerprint density at radius 3 is 1.79 bits per heavy atom. The van der Waals surface area contributed by atoms with Crippen molar-refractivity contribution in [2.75, 3.05) is 0 Å². The highest BCUT2D eigenvalue weighted by Crippen LogP contribution is 2.46. The zero-order chi connectivity index (χ0) is 28.2. The highest BCUT2D eigenvalue weighted by Gasteiger charge is 2.24. The molecule has 0 aliphatic rings. The van der Waals surface area contributed by atoms with Crippen molar-refractivity contribution in [3.8, 4) is 28.6 Å². The molecule has 42 heavy (non-hydrogen) atoms. The molecule has 0 aliphatic heterocycles. The Hall–Kier alpha value is -6.10. The predicted molar refractivity (Wildman–Crippen MR) is 172 cm³/mol. The van der Waals surface area contributed by atoms with E-state index in [1.165, 1.54) is 0 Å². The maximum absolute atomic E-state index is 9.87. The van der Waals surface area contributed by atoms with E-state index in [4.69, 9.17) is 6.57 Å². The van der Waals surface area contributed by atoms with E-state index >= 15 is 0 Å². The molecule has 0 radical (unpaired) electrons. The van der Waals surface area contributed by atoms with Crippen molar-refractivity contribution < 1.29 is 0 Å². The molecule has 194 valence electrons. The van der Waals surface area contributed by atoms with Crippen molar-refractivity contribution in [3.05, 3.63) is 150 Å². The van der Waals surface area contributed by atoms with Gasteiger partial charge in [0.25, 0.3) is 0 Å². The highest BCUT2D eigenvalue weighted by molar-refractivity contribution is 6.29. The highest BCUT2D eigenvalue weighted by atomic mass is 15.0. The van der Waals surface area contributed by atoms with Crippen LogP contribution in [0, 0.1) is 17.9 Å². The first kappa shape index (κ1) is 23.8. The normalized spacial score (nSPS) is 11.3. The Balaban J connectivity index is 1.69. The molecule has 2 aromatic heterocycles. The fourth-order valence-corrected chi connectivity index (χ4v) is 6.41. The number of nitrogens with zero attached hydrogens (tertiary/aromatic N) is 4. The van der Waals surface area contributed by atoms with E-state index in [2.05, 4.69) is 123 Å². The Labute approximate surface area is 242 Å². The van der Waals surface area contributed by atoms with Crippen LogP contribution in [0.1, 0.15) is 5.56 Å². The number of para-hydroxylation sites is 4. The molecule has 0 saturated heterocycles. The molecule has 8 aromatic rings. The molecule has 0 spiro atoms. The van der Waals surface area contributed by atoms with Crippen LogP contribution in [0.3, 0.4) is 0 Å². The van der Waals surface area contributed by atoms with E-state index in [1.54, 1.807) is 6.07 Å². The monoisotopic (exact) mass is 534 g/mol. The van der Waals surface area contributed by atoms with Crippen LogP contribution < -0.4 is 0 Å². The summed E-state index contributed by atoms with van der Waals surface area (Å²) in [4.78, 5) is 3.71. The third kappa shape index (κ3) is 3.40. The van der Waals surface area contributed by atoms with Crippen LogP contribution in [-0.2, 0) is 0 Å². The fourth-order valence-electron chi connectivity index (χ4n) is 6.41. The van der Waals surface area contributed by atoms with Gasteiger partial charge in [-0.05, 0) is 66.2 Å². The largest absolute Gasteiger partial charge is 0.309 e. The van der Waals surface area contributed by atoms with Crippen LogP contribution in [0.4, 0.5) is 5.69 Å². The second-order valence-corrected chi connectivity index (χ2v) is 10.4. The van der Waals surface area contributed by atoms with Crippen LogP contribution in [0.5, 0.6) is 0 Å². The van der Waals surface area contributed by atoms with Crippen molar-refractivity contribution in [1.82, 2.24) is 9.13 Å². The zero-order valence-corrected chi connectivity index (χ0v) is 22.5. The zero-order valence-electron chi connectivity index (χ0n) is 22.5. The molecule has 4 heteroatoms. The maximum atomic E-state index is 9.87. The van der Waals surface area contributed by atoms with Gasteiger partial charge in [0.2, 0.25) is 0 Å². The van der Waals surface area contributed by atoms with Gasteiger partial charge >= 0.3 is 0 Å². The van der Waals surface area contributed by atoms with Crippen LogP contribution in [0.15, 0.2) is 133 Å². The SMILES string of the molecule is [C-]#[N+]c1cc(C#N)cc(-c2cc3c4ccccc4n(-c4ccccc4)c3c3c4ccccc4n(-c4ccccc4)c23)c1. The van der Waals surface area contributed by atoms with Gasteiger partial charge in [0.05, 0.1) is 34.7 Å².